The van der Waals surface area contributed by atoms with Gasteiger partial charge in [-0.25, -0.2) is 9.98 Å². The van der Waals surface area contributed by atoms with E-state index in [1.807, 2.05) is 6.92 Å². The Morgan fingerprint density at radius 3 is 2.78 bits per heavy atom. The van der Waals surface area contributed by atoms with Crippen molar-refractivity contribution in [2.45, 2.75) is 18.1 Å². The highest BCUT2D eigenvalue weighted by molar-refractivity contribution is 7.99. The van der Waals surface area contributed by atoms with E-state index in [0.29, 0.717) is 33.5 Å². The Kier molecular flexibility index (Phi) is 3.93. The molecule has 0 unspecified atom stereocenters. The van der Waals surface area contributed by atoms with Gasteiger partial charge in [0.1, 0.15) is 16.4 Å². The average molecular weight is 338 g/mol. The van der Waals surface area contributed by atoms with Gasteiger partial charge in [-0.15, -0.1) is 11.8 Å². The lowest BCUT2D eigenvalue weighted by Crippen LogP contribution is -2.11. The van der Waals surface area contributed by atoms with Crippen LogP contribution in [0, 0.1) is 0 Å². The third-order valence-electron chi connectivity index (χ3n) is 3.19. The highest BCUT2D eigenvalue weighted by atomic mass is 32.2. The van der Waals surface area contributed by atoms with Crippen molar-refractivity contribution in [2.24, 2.45) is 4.99 Å². The summed E-state index contributed by atoms with van der Waals surface area (Å²) in [5.41, 5.74) is 1.51. The van der Waals surface area contributed by atoms with Gasteiger partial charge in [0.05, 0.1) is 17.6 Å². The zero-order valence-corrected chi connectivity index (χ0v) is 13.0. The van der Waals surface area contributed by atoms with Crippen molar-refractivity contribution in [3.05, 3.63) is 47.9 Å². The van der Waals surface area contributed by atoms with Gasteiger partial charge in [-0.3, -0.25) is 4.40 Å². The van der Waals surface area contributed by atoms with E-state index in [0.717, 1.165) is 12.3 Å². The van der Waals surface area contributed by atoms with Crippen LogP contribution in [-0.4, -0.2) is 21.5 Å². The molecule has 3 rings (SSSR count). The fraction of sp³-hybridized carbons (Fsp3) is 0.200. The Balaban J connectivity index is 2.20. The van der Waals surface area contributed by atoms with Gasteiger partial charge >= 0.3 is 6.18 Å². The highest BCUT2D eigenvalue weighted by Crippen LogP contribution is 2.34. The van der Waals surface area contributed by atoms with Crippen molar-refractivity contribution in [1.29, 1.82) is 0 Å². The van der Waals surface area contributed by atoms with Crippen molar-refractivity contribution in [3.8, 4) is 0 Å². The van der Waals surface area contributed by atoms with Crippen LogP contribution in [0.25, 0.3) is 11.3 Å². The minimum atomic E-state index is -4.40. The van der Waals surface area contributed by atoms with Gasteiger partial charge in [-0.2, -0.15) is 13.2 Å². The first-order chi connectivity index (χ1) is 10.9. The summed E-state index contributed by atoms with van der Waals surface area (Å²) in [6.45, 7) is 5.73. The minimum absolute atomic E-state index is 0.448. The van der Waals surface area contributed by atoms with E-state index < -0.39 is 11.7 Å². The van der Waals surface area contributed by atoms with Gasteiger partial charge in [-0.05, 0) is 24.0 Å². The van der Waals surface area contributed by atoms with Crippen molar-refractivity contribution in [3.63, 3.8) is 0 Å². The maximum atomic E-state index is 13.0. The molecule has 0 aliphatic carbocycles. The third kappa shape index (κ3) is 2.98. The Hall–Kier alpha value is -2.22. The van der Waals surface area contributed by atoms with Crippen molar-refractivity contribution in [2.75, 3.05) is 5.75 Å². The first kappa shape index (κ1) is 15.7. The van der Waals surface area contributed by atoms with E-state index in [1.165, 1.54) is 28.6 Å². The smallest absolute Gasteiger partial charge is 0.347 e. The molecule has 2 aromatic heterocycles. The lowest BCUT2D eigenvalue weighted by molar-refractivity contribution is -0.137. The fourth-order valence-corrected chi connectivity index (χ4v) is 3.04. The summed E-state index contributed by atoms with van der Waals surface area (Å²) >= 11 is 1.42. The van der Waals surface area contributed by atoms with E-state index in [2.05, 4.69) is 21.9 Å². The topological polar surface area (TPSA) is 41.7 Å². The van der Waals surface area contributed by atoms with E-state index in [9.17, 15) is 13.2 Å². The molecule has 4 nitrogen and oxygen atoms in total. The molecule has 0 radical (unpaired) electrons. The van der Waals surface area contributed by atoms with Crippen LogP contribution in [-0.2, 0) is 6.18 Å². The first-order valence-electron chi connectivity index (χ1n) is 6.82. The predicted molar refractivity (Wildman–Crippen MR) is 85.3 cm³/mol. The molecule has 0 bridgehead atoms. The summed E-state index contributed by atoms with van der Waals surface area (Å²) in [5.74, 6) is 0.702. The highest BCUT2D eigenvalue weighted by Gasteiger charge is 2.31. The summed E-state index contributed by atoms with van der Waals surface area (Å²) in [6, 6.07) is 2.40. The number of hydrogen-bond acceptors (Lipinski definition) is 4. The maximum Gasteiger partial charge on any atom is 0.417 e. The quantitative estimate of drug-likeness (QED) is 0.862. The van der Waals surface area contributed by atoms with E-state index >= 15 is 0 Å². The Morgan fingerprint density at radius 2 is 2.13 bits per heavy atom. The molecule has 0 saturated heterocycles. The van der Waals surface area contributed by atoms with Crippen LogP contribution in [0.3, 0.4) is 0 Å². The van der Waals surface area contributed by atoms with Crippen LogP contribution < -0.4 is 5.32 Å². The number of imidazole rings is 1. The Bertz CT molecular complexity index is 833. The molecular formula is C15H13F3N4S. The summed E-state index contributed by atoms with van der Waals surface area (Å²) in [5, 5.41) is 3.47. The molecule has 0 amide bonds. The molecule has 2 aromatic rings. The van der Waals surface area contributed by atoms with Gasteiger partial charge in [0.2, 0.25) is 0 Å². The summed E-state index contributed by atoms with van der Waals surface area (Å²) in [7, 11) is 0. The molecule has 0 aromatic carbocycles. The summed E-state index contributed by atoms with van der Waals surface area (Å²) in [4.78, 5) is 8.65. The molecule has 0 fully saturated rings. The van der Waals surface area contributed by atoms with Gasteiger partial charge in [0.15, 0.2) is 0 Å². The van der Waals surface area contributed by atoms with E-state index in [1.54, 1.807) is 6.08 Å². The summed E-state index contributed by atoms with van der Waals surface area (Å²) in [6.07, 6.45) is -0.118. The second kappa shape index (κ2) is 5.77. The van der Waals surface area contributed by atoms with Crippen LogP contribution in [0.1, 0.15) is 18.2 Å². The number of thioether (sulfide) groups is 1. The number of allylic oxidation sites excluding steroid dienone is 1. The lowest BCUT2D eigenvalue weighted by atomic mass is 10.2. The number of aliphatic imine (C=N–C) groups is 1. The number of hydrogen-bond donors (Lipinski definition) is 1. The van der Waals surface area contributed by atoms with Crippen LogP contribution >= 0.6 is 11.8 Å². The van der Waals surface area contributed by atoms with Gasteiger partial charge in [-0.1, -0.05) is 13.5 Å². The molecule has 120 valence electrons. The van der Waals surface area contributed by atoms with Crippen molar-refractivity contribution in [1.82, 2.24) is 14.7 Å². The van der Waals surface area contributed by atoms with Gasteiger partial charge in [0, 0.05) is 11.9 Å². The second-order valence-electron chi connectivity index (χ2n) is 4.80. The molecule has 1 aliphatic heterocycles. The minimum Gasteiger partial charge on any atom is -0.347 e. The number of nitrogens with zero attached hydrogens (tertiary/aromatic N) is 3. The molecule has 1 aliphatic rings. The standard InChI is InChI=1S/C15H13F3N4S/c1-3-23-14-13(11-6-9(2)19-8-20-11)21-12-5-4-10(7-22(12)14)15(16,17)18/h4-8H,2-3H2,1H3,(H,19,20). The largest absolute Gasteiger partial charge is 0.417 e. The Morgan fingerprint density at radius 1 is 1.35 bits per heavy atom. The van der Waals surface area contributed by atoms with Crippen molar-refractivity contribution >= 4 is 29.4 Å². The summed E-state index contributed by atoms with van der Waals surface area (Å²) < 4.78 is 40.3. The van der Waals surface area contributed by atoms with Crippen LogP contribution in [0.15, 0.2) is 46.7 Å². The number of fused-ring (bicyclic) bond motifs is 1. The van der Waals surface area contributed by atoms with E-state index in [-0.39, 0.29) is 0 Å². The number of rotatable bonds is 3. The van der Waals surface area contributed by atoms with Gasteiger partial charge < -0.3 is 5.32 Å². The molecule has 1 N–H and O–H groups in total. The number of pyridine rings is 1. The van der Waals surface area contributed by atoms with E-state index in [4.69, 9.17) is 0 Å². The first-order valence-corrected chi connectivity index (χ1v) is 7.81. The molecular weight excluding hydrogens is 325 g/mol. The molecule has 0 spiro atoms. The Labute approximate surface area is 134 Å². The lowest BCUT2D eigenvalue weighted by Gasteiger charge is -2.10. The molecule has 8 heteroatoms. The average Bonchev–Trinajstić information content (AvgIpc) is 2.85. The van der Waals surface area contributed by atoms with Crippen molar-refractivity contribution < 1.29 is 13.2 Å². The zero-order valence-electron chi connectivity index (χ0n) is 12.2. The normalized spacial score (nSPS) is 15.0. The molecule has 23 heavy (non-hydrogen) atoms. The number of alkyl halides is 3. The molecule has 0 atom stereocenters. The monoisotopic (exact) mass is 338 g/mol. The fourth-order valence-electron chi connectivity index (χ4n) is 2.19. The van der Waals surface area contributed by atoms with Crippen LogP contribution in [0.4, 0.5) is 13.2 Å². The molecule has 0 saturated carbocycles. The van der Waals surface area contributed by atoms with Crippen LogP contribution in [0.2, 0.25) is 0 Å². The maximum absolute atomic E-state index is 13.0. The van der Waals surface area contributed by atoms with Crippen LogP contribution in [0.5, 0.6) is 0 Å². The zero-order chi connectivity index (χ0) is 16.6. The SMILES string of the molecule is C=C1C=C(c2nc3ccc(C(F)(F)F)cn3c2SCC)N=CN1. The number of aromatic nitrogens is 2. The molecule has 3 heterocycles. The number of nitrogens with one attached hydrogen (secondary N) is 1. The van der Waals surface area contributed by atoms with Gasteiger partial charge in [0.25, 0.3) is 0 Å². The predicted octanol–water partition coefficient (Wildman–Crippen LogP) is 3.95. The third-order valence-corrected chi connectivity index (χ3v) is 4.14. The number of halogens is 3. The second-order valence-corrected chi connectivity index (χ2v) is 6.05.